The van der Waals surface area contributed by atoms with Crippen molar-refractivity contribution in [3.05, 3.63) is 29.8 Å². The maximum absolute atomic E-state index is 9.77. The van der Waals surface area contributed by atoms with Gasteiger partial charge in [-0.2, -0.15) is 0 Å². The highest BCUT2D eigenvalue weighted by Crippen LogP contribution is 2.34. The molecule has 0 amide bonds. The van der Waals surface area contributed by atoms with Gasteiger partial charge in [0.1, 0.15) is 23.7 Å². The van der Waals surface area contributed by atoms with Crippen molar-refractivity contribution >= 4 is 11.8 Å². The minimum absolute atomic E-state index is 0.289. The SMILES string of the molecule is Cc1ccc(S[C@@H]2O[C@H](CO)[C@@H](O)[C@H]2O)cc1. The van der Waals surface area contributed by atoms with E-state index >= 15 is 0 Å². The van der Waals surface area contributed by atoms with Crippen LogP contribution < -0.4 is 0 Å². The highest BCUT2D eigenvalue weighted by Gasteiger charge is 2.42. The van der Waals surface area contributed by atoms with Gasteiger partial charge in [0.05, 0.1) is 6.61 Å². The first-order valence-corrected chi connectivity index (χ1v) is 6.35. The predicted octanol–water partition coefficient (Wildman–Crippen LogP) is 0.526. The zero-order chi connectivity index (χ0) is 12.4. The molecule has 4 atom stereocenters. The van der Waals surface area contributed by atoms with Crippen molar-refractivity contribution in [2.45, 2.75) is 35.6 Å². The third-order valence-corrected chi connectivity index (χ3v) is 3.94. The number of aliphatic hydroxyl groups excluding tert-OH is 3. The Balaban J connectivity index is 2.02. The van der Waals surface area contributed by atoms with E-state index < -0.39 is 23.7 Å². The lowest BCUT2D eigenvalue weighted by Gasteiger charge is -2.13. The first-order valence-electron chi connectivity index (χ1n) is 5.47. The van der Waals surface area contributed by atoms with Crippen molar-refractivity contribution in [3.8, 4) is 0 Å². The molecular formula is C12H16O4S. The third-order valence-electron chi connectivity index (χ3n) is 2.77. The van der Waals surface area contributed by atoms with E-state index in [1.165, 1.54) is 11.8 Å². The average Bonchev–Trinajstić information content (AvgIpc) is 2.60. The summed E-state index contributed by atoms with van der Waals surface area (Å²) in [4.78, 5) is 0.963. The maximum atomic E-state index is 9.77. The minimum atomic E-state index is -1.03. The van der Waals surface area contributed by atoms with E-state index in [1.807, 2.05) is 31.2 Å². The molecule has 2 rings (SSSR count). The molecule has 0 aliphatic carbocycles. The summed E-state index contributed by atoms with van der Waals surface area (Å²) < 4.78 is 5.38. The highest BCUT2D eigenvalue weighted by molar-refractivity contribution is 7.99. The molecule has 1 aliphatic rings. The van der Waals surface area contributed by atoms with Gasteiger partial charge in [-0.3, -0.25) is 0 Å². The number of thioether (sulfide) groups is 1. The molecule has 0 spiro atoms. The van der Waals surface area contributed by atoms with Crippen molar-refractivity contribution in [2.75, 3.05) is 6.61 Å². The molecule has 4 nitrogen and oxygen atoms in total. The Morgan fingerprint density at radius 3 is 2.35 bits per heavy atom. The number of rotatable bonds is 3. The Labute approximate surface area is 104 Å². The summed E-state index contributed by atoms with van der Waals surface area (Å²) in [6.07, 6.45) is -2.70. The van der Waals surface area contributed by atoms with Gasteiger partial charge in [-0.1, -0.05) is 29.5 Å². The van der Waals surface area contributed by atoms with Gasteiger partial charge in [-0.15, -0.1) is 0 Å². The first kappa shape index (κ1) is 12.9. The molecule has 17 heavy (non-hydrogen) atoms. The van der Waals surface area contributed by atoms with Crippen LogP contribution in [0.2, 0.25) is 0 Å². The summed E-state index contributed by atoms with van der Waals surface area (Å²) in [6, 6.07) is 7.83. The zero-order valence-corrected chi connectivity index (χ0v) is 10.3. The standard InChI is InChI=1S/C12H16O4S/c1-7-2-4-8(5-3-7)17-12-11(15)10(14)9(6-13)16-12/h2-5,9-15H,6H2,1H3/t9-,10-,11-,12+/m1/s1. The van der Waals surface area contributed by atoms with Crippen LogP contribution in [0.15, 0.2) is 29.2 Å². The van der Waals surface area contributed by atoms with Crippen molar-refractivity contribution < 1.29 is 20.1 Å². The van der Waals surface area contributed by atoms with Gasteiger partial charge in [0, 0.05) is 4.90 Å². The Morgan fingerprint density at radius 1 is 1.18 bits per heavy atom. The summed E-state index contributed by atoms with van der Waals surface area (Å²) >= 11 is 1.35. The first-order chi connectivity index (χ1) is 8.11. The molecular weight excluding hydrogens is 240 g/mol. The van der Waals surface area contributed by atoms with Gasteiger partial charge < -0.3 is 20.1 Å². The van der Waals surface area contributed by atoms with Gasteiger partial charge in [-0.25, -0.2) is 0 Å². The molecule has 1 aliphatic heterocycles. The van der Waals surface area contributed by atoms with Crippen LogP contribution in [0, 0.1) is 6.92 Å². The number of benzene rings is 1. The molecule has 0 bridgehead atoms. The van der Waals surface area contributed by atoms with Crippen molar-refractivity contribution in [3.63, 3.8) is 0 Å². The van der Waals surface area contributed by atoms with Crippen LogP contribution in [-0.4, -0.2) is 45.7 Å². The molecule has 0 saturated carbocycles. The summed E-state index contributed by atoms with van der Waals surface area (Å²) in [7, 11) is 0. The van der Waals surface area contributed by atoms with Crippen LogP contribution in [0.1, 0.15) is 5.56 Å². The molecule has 94 valence electrons. The van der Waals surface area contributed by atoms with Gasteiger partial charge in [-0.05, 0) is 19.1 Å². The molecule has 3 N–H and O–H groups in total. The Kier molecular flexibility index (Phi) is 4.06. The molecule has 1 saturated heterocycles. The van der Waals surface area contributed by atoms with Crippen LogP contribution in [0.4, 0.5) is 0 Å². The molecule has 0 unspecified atom stereocenters. The normalized spacial score (nSPS) is 32.9. The second kappa shape index (κ2) is 5.37. The van der Waals surface area contributed by atoms with Crippen LogP contribution in [0.5, 0.6) is 0 Å². The van der Waals surface area contributed by atoms with Gasteiger partial charge in [0.2, 0.25) is 0 Å². The van der Waals surface area contributed by atoms with E-state index in [4.69, 9.17) is 9.84 Å². The van der Waals surface area contributed by atoms with Crippen LogP contribution >= 0.6 is 11.8 Å². The number of aliphatic hydroxyl groups is 3. The average molecular weight is 256 g/mol. The zero-order valence-electron chi connectivity index (χ0n) is 9.48. The topological polar surface area (TPSA) is 69.9 Å². The second-order valence-electron chi connectivity index (χ2n) is 4.14. The van der Waals surface area contributed by atoms with Crippen molar-refractivity contribution in [1.82, 2.24) is 0 Å². The fourth-order valence-electron chi connectivity index (χ4n) is 1.71. The molecule has 1 aromatic rings. The molecule has 0 aromatic heterocycles. The fourth-order valence-corrected chi connectivity index (χ4v) is 2.77. The summed E-state index contributed by atoms with van der Waals surface area (Å²) in [5.41, 5.74) is 0.625. The van der Waals surface area contributed by atoms with E-state index in [0.717, 1.165) is 10.5 Å². The van der Waals surface area contributed by atoms with Crippen molar-refractivity contribution in [1.29, 1.82) is 0 Å². The molecule has 0 radical (unpaired) electrons. The summed E-state index contributed by atoms with van der Waals surface area (Å²) in [6.45, 7) is 1.71. The smallest absolute Gasteiger partial charge is 0.136 e. The quantitative estimate of drug-likeness (QED) is 0.736. The van der Waals surface area contributed by atoms with Crippen LogP contribution in [-0.2, 0) is 4.74 Å². The largest absolute Gasteiger partial charge is 0.394 e. The summed E-state index contributed by atoms with van der Waals surface area (Å²) in [5.74, 6) is 0. The lowest BCUT2D eigenvalue weighted by atomic mass is 10.2. The highest BCUT2D eigenvalue weighted by atomic mass is 32.2. The van der Waals surface area contributed by atoms with Crippen LogP contribution in [0.3, 0.4) is 0 Å². The number of aryl methyl sites for hydroxylation is 1. The van der Waals surface area contributed by atoms with E-state index in [0.29, 0.717) is 0 Å². The lowest BCUT2D eigenvalue weighted by molar-refractivity contribution is -0.00808. The predicted molar refractivity (Wildman–Crippen MR) is 64.8 cm³/mol. The van der Waals surface area contributed by atoms with Crippen LogP contribution in [0.25, 0.3) is 0 Å². The van der Waals surface area contributed by atoms with Gasteiger partial charge in [0.25, 0.3) is 0 Å². The Morgan fingerprint density at radius 2 is 1.82 bits per heavy atom. The molecule has 5 heteroatoms. The lowest BCUT2D eigenvalue weighted by Crippen LogP contribution is -2.33. The minimum Gasteiger partial charge on any atom is -0.394 e. The Hall–Kier alpha value is -0.590. The summed E-state index contributed by atoms with van der Waals surface area (Å²) in [5, 5.41) is 28.3. The van der Waals surface area contributed by atoms with E-state index in [9.17, 15) is 10.2 Å². The number of hydrogen-bond acceptors (Lipinski definition) is 5. The van der Waals surface area contributed by atoms with E-state index in [1.54, 1.807) is 0 Å². The number of ether oxygens (including phenoxy) is 1. The Bertz CT molecular complexity index is 367. The third kappa shape index (κ3) is 2.81. The monoisotopic (exact) mass is 256 g/mol. The number of hydrogen-bond donors (Lipinski definition) is 3. The maximum Gasteiger partial charge on any atom is 0.136 e. The van der Waals surface area contributed by atoms with E-state index in [2.05, 4.69) is 0 Å². The van der Waals surface area contributed by atoms with E-state index in [-0.39, 0.29) is 6.61 Å². The molecule has 1 fully saturated rings. The fraction of sp³-hybridized carbons (Fsp3) is 0.500. The second-order valence-corrected chi connectivity index (χ2v) is 5.31. The molecule has 1 heterocycles. The van der Waals surface area contributed by atoms with Gasteiger partial charge >= 0.3 is 0 Å². The molecule has 1 aromatic carbocycles. The van der Waals surface area contributed by atoms with Crippen molar-refractivity contribution in [2.24, 2.45) is 0 Å². The van der Waals surface area contributed by atoms with Gasteiger partial charge in [0.15, 0.2) is 0 Å².